The minimum Gasteiger partial charge on any atom is -0.368 e. The lowest BCUT2D eigenvalue weighted by Gasteiger charge is -2.11. The maximum Gasteiger partial charge on any atom is 0.253 e. The summed E-state index contributed by atoms with van der Waals surface area (Å²) in [6.45, 7) is 3.48. The van der Waals surface area contributed by atoms with Gasteiger partial charge in [-0.3, -0.25) is 4.79 Å². The van der Waals surface area contributed by atoms with Gasteiger partial charge in [0.2, 0.25) is 0 Å². The van der Waals surface area contributed by atoms with Crippen LogP contribution in [0.1, 0.15) is 24.0 Å². The Bertz CT molecular complexity index is 664. The van der Waals surface area contributed by atoms with Crippen LogP contribution in [0.5, 0.6) is 0 Å². The van der Waals surface area contributed by atoms with Crippen molar-refractivity contribution in [2.45, 2.75) is 32.4 Å². The van der Waals surface area contributed by atoms with Crippen molar-refractivity contribution in [1.82, 2.24) is 4.98 Å². The summed E-state index contributed by atoms with van der Waals surface area (Å²) in [7, 11) is 0. The van der Waals surface area contributed by atoms with Gasteiger partial charge >= 0.3 is 0 Å². The second-order valence-corrected chi connectivity index (χ2v) is 5.70. The maximum atomic E-state index is 12.0. The number of hydrogen-bond donors (Lipinski definition) is 2. The van der Waals surface area contributed by atoms with E-state index in [2.05, 4.69) is 34.7 Å². The second kappa shape index (κ2) is 7.24. The molecule has 2 heterocycles. The Morgan fingerprint density at radius 1 is 1.30 bits per heavy atom. The molecular weight excluding hydrogens is 290 g/mol. The van der Waals surface area contributed by atoms with E-state index in [4.69, 9.17) is 4.74 Å². The predicted molar refractivity (Wildman–Crippen MR) is 90.3 cm³/mol. The van der Waals surface area contributed by atoms with E-state index < -0.39 is 0 Å². The van der Waals surface area contributed by atoms with Crippen LogP contribution in [0.25, 0.3) is 0 Å². The molecule has 3 rings (SSSR count). The number of carbonyl (C=O) groups excluding carboxylic acids is 1. The van der Waals surface area contributed by atoms with Crippen molar-refractivity contribution in [2.75, 3.05) is 17.2 Å². The van der Waals surface area contributed by atoms with Crippen molar-refractivity contribution < 1.29 is 9.53 Å². The summed E-state index contributed by atoms with van der Waals surface area (Å²) < 4.78 is 5.36. The number of aryl methyl sites for hydroxylation is 1. The van der Waals surface area contributed by atoms with Gasteiger partial charge in [0.25, 0.3) is 5.91 Å². The van der Waals surface area contributed by atoms with Crippen LogP contribution >= 0.6 is 0 Å². The van der Waals surface area contributed by atoms with Gasteiger partial charge in [-0.2, -0.15) is 0 Å². The van der Waals surface area contributed by atoms with Crippen molar-refractivity contribution in [3.05, 3.63) is 53.7 Å². The number of ether oxygens (including phenoxy) is 1. The van der Waals surface area contributed by atoms with Gasteiger partial charge in [0.15, 0.2) is 0 Å². The zero-order valence-corrected chi connectivity index (χ0v) is 13.2. The minimum atomic E-state index is -0.325. The smallest absolute Gasteiger partial charge is 0.253 e. The van der Waals surface area contributed by atoms with Gasteiger partial charge < -0.3 is 15.4 Å². The highest BCUT2D eigenvalue weighted by molar-refractivity contribution is 5.94. The fraction of sp³-hybridized carbons (Fsp3) is 0.333. The molecule has 1 amide bonds. The second-order valence-electron chi connectivity index (χ2n) is 5.70. The number of nitrogens with zero attached hydrogens (tertiary/aromatic N) is 1. The molecule has 2 aromatic rings. The van der Waals surface area contributed by atoms with Gasteiger partial charge in [0.1, 0.15) is 11.9 Å². The number of hydrogen-bond acceptors (Lipinski definition) is 4. The van der Waals surface area contributed by atoms with Crippen molar-refractivity contribution in [3.63, 3.8) is 0 Å². The zero-order valence-electron chi connectivity index (χ0n) is 13.2. The Morgan fingerprint density at radius 2 is 2.17 bits per heavy atom. The van der Waals surface area contributed by atoms with Gasteiger partial charge in [-0.25, -0.2) is 4.98 Å². The molecule has 0 saturated carbocycles. The molecule has 0 radical (unpaired) electrons. The van der Waals surface area contributed by atoms with Gasteiger partial charge in [-0.15, -0.1) is 0 Å². The molecule has 0 bridgehead atoms. The molecule has 1 aromatic heterocycles. The number of aromatic nitrogens is 1. The van der Waals surface area contributed by atoms with Crippen LogP contribution in [-0.4, -0.2) is 23.6 Å². The summed E-state index contributed by atoms with van der Waals surface area (Å²) in [5, 5.41) is 6.13. The molecule has 23 heavy (non-hydrogen) atoms. The van der Waals surface area contributed by atoms with Crippen LogP contribution in [0.3, 0.4) is 0 Å². The van der Waals surface area contributed by atoms with E-state index in [0.717, 1.165) is 25.2 Å². The normalized spacial score (nSPS) is 17.0. The number of benzene rings is 1. The molecule has 1 aliphatic heterocycles. The average molecular weight is 311 g/mol. The van der Waals surface area contributed by atoms with E-state index in [1.54, 1.807) is 6.20 Å². The Hall–Kier alpha value is -2.40. The molecule has 0 aliphatic carbocycles. The third-order valence-electron chi connectivity index (χ3n) is 3.97. The molecular formula is C18H21N3O2. The van der Waals surface area contributed by atoms with Crippen LogP contribution in [0, 0.1) is 6.92 Å². The largest absolute Gasteiger partial charge is 0.368 e. The van der Waals surface area contributed by atoms with E-state index in [1.165, 1.54) is 11.1 Å². The summed E-state index contributed by atoms with van der Waals surface area (Å²) in [6.07, 6.45) is 3.06. The van der Waals surface area contributed by atoms with Crippen LogP contribution in [0.15, 0.2) is 42.6 Å². The lowest BCUT2D eigenvalue weighted by atomic mass is 10.1. The number of carbonyl (C=O) groups is 1. The van der Waals surface area contributed by atoms with Crippen molar-refractivity contribution in [2.24, 2.45) is 0 Å². The van der Waals surface area contributed by atoms with Crippen LogP contribution < -0.4 is 10.6 Å². The Morgan fingerprint density at radius 3 is 2.87 bits per heavy atom. The number of rotatable bonds is 5. The molecule has 1 saturated heterocycles. The Kier molecular flexibility index (Phi) is 4.88. The van der Waals surface area contributed by atoms with Gasteiger partial charge in [-0.1, -0.05) is 24.3 Å². The fourth-order valence-corrected chi connectivity index (χ4v) is 2.57. The highest BCUT2D eigenvalue weighted by atomic mass is 16.5. The zero-order chi connectivity index (χ0) is 16.1. The number of anilines is 2. The SMILES string of the molecule is Cc1ccccc1CNc1ccc(NC(=O)C2CCCO2)cn1. The standard InChI is InChI=1S/C18H21N3O2/c1-13-5-2-3-6-14(13)11-19-17-9-8-15(12-20-17)21-18(22)16-7-4-10-23-16/h2-3,5-6,8-9,12,16H,4,7,10-11H2,1H3,(H,19,20)(H,21,22). The monoisotopic (exact) mass is 311 g/mol. The molecule has 5 heteroatoms. The number of amides is 1. The lowest BCUT2D eigenvalue weighted by molar-refractivity contribution is -0.124. The predicted octanol–water partition coefficient (Wildman–Crippen LogP) is 3.12. The Balaban J connectivity index is 1.54. The molecule has 1 atom stereocenters. The van der Waals surface area contributed by atoms with Crippen LogP contribution in [0.4, 0.5) is 11.5 Å². The van der Waals surface area contributed by atoms with Crippen LogP contribution in [0.2, 0.25) is 0 Å². The summed E-state index contributed by atoms with van der Waals surface area (Å²) >= 11 is 0. The quantitative estimate of drug-likeness (QED) is 0.890. The third-order valence-corrected chi connectivity index (χ3v) is 3.97. The topological polar surface area (TPSA) is 63.2 Å². The fourth-order valence-electron chi connectivity index (χ4n) is 2.57. The van der Waals surface area contributed by atoms with Gasteiger partial charge in [0, 0.05) is 13.2 Å². The number of nitrogens with one attached hydrogen (secondary N) is 2. The van der Waals surface area contributed by atoms with Gasteiger partial charge in [-0.05, 0) is 43.0 Å². The van der Waals surface area contributed by atoms with E-state index in [9.17, 15) is 4.79 Å². The van der Waals surface area contributed by atoms with E-state index in [0.29, 0.717) is 12.3 Å². The van der Waals surface area contributed by atoms with Gasteiger partial charge in [0.05, 0.1) is 11.9 Å². The summed E-state index contributed by atoms with van der Waals surface area (Å²) in [6, 6.07) is 12.0. The maximum absolute atomic E-state index is 12.0. The van der Waals surface area contributed by atoms with Crippen molar-refractivity contribution >= 4 is 17.4 Å². The van der Waals surface area contributed by atoms with E-state index in [1.807, 2.05) is 24.3 Å². The molecule has 120 valence electrons. The first-order valence-corrected chi connectivity index (χ1v) is 7.89. The highest BCUT2D eigenvalue weighted by Crippen LogP contribution is 2.16. The highest BCUT2D eigenvalue weighted by Gasteiger charge is 2.23. The minimum absolute atomic E-state index is 0.0927. The van der Waals surface area contributed by atoms with E-state index in [-0.39, 0.29) is 12.0 Å². The molecule has 0 spiro atoms. The first-order chi connectivity index (χ1) is 11.2. The van der Waals surface area contributed by atoms with E-state index >= 15 is 0 Å². The lowest BCUT2D eigenvalue weighted by Crippen LogP contribution is -2.26. The first-order valence-electron chi connectivity index (χ1n) is 7.89. The first kappa shape index (κ1) is 15.5. The number of pyridine rings is 1. The molecule has 1 aromatic carbocycles. The third kappa shape index (κ3) is 4.07. The molecule has 2 N–H and O–H groups in total. The Labute approximate surface area is 136 Å². The molecule has 1 fully saturated rings. The summed E-state index contributed by atoms with van der Waals surface area (Å²) in [5.41, 5.74) is 3.18. The summed E-state index contributed by atoms with van der Waals surface area (Å²) in [5.74, 6) is 0.688. The average Bonchev–Trinajstić information content (AvgIpc) is 3.10. The van der Waals surface area contributed by atoms with Crippen molar-refractivity contribution in [1.29, 1.82) is 0 Å². The molecule has 1 aliphatic rings. The molecule has 5 nitrogen and oxygen atoms in total. The van der Waals surface area contributed by atoms with Crippen LogP contribution in [-0.2, 0) is 16.1 Å². The summed E-state index contributed by atoms with van der Waals surface area (Å²) in [4.78, 5) is 16.3. The van der Waals surface area contributed by atoms with Crippen molar-refractivity contribution in [3.8, 4) is 0 Å². The molecule has 1 unspecified atom stereocenters.